The van der Waals surface area contributed by atoms with Gasteiger partial charge in [-0.1, -0.05) is 48.8 Å². The van der Waals surface area contributed by atoms with Crippen molar-refractivity contribution in [3.63, 3.8) is 0 Å². The van der Waals surface area contributed by atoms with E-state index in [4.69, 9.17) is 11.6 Å². The molecule has 2 aromatic carbocycles. The molecule has 0 aliphatic heterocycles. The van der Waals surface area contributed by atoms with Crippen molar-refractivity contribution in [1.29, 1.82) is 0 Å². The van der Waals surface area contributed by atoms with Gasteiger partial charge in [0.2, 0.25) is 5.91 Å². The highest BCUT2D eigenvalue weighted by Crippen LogP contribution is 2.27. The predicted octanol–water partition coefficient (Wildman–Crippen LogP) is 4.49. The summed E-state index contributed by atoms with van der Waals surface area (Å²) in [5, 5.41) is 14.7. The molecule has 1 amide bonds. The highest BCUT2D eigenvalue weighted by atomic mass is 35.5. The number of aromatic nitrogens is 2. The van der Waals surface area contributed by atoms with Crippen molar-refractivity contribution in [2.75, 3.05) is 11.1 Å². The molecule has 0 bridgehead atoms. The van der Waals surface area contributed by atoms with E-state index in [1.54, 1.807) is 28.8 Å². The monoisotopic (exact) mass is 446 g/mol. The van der Waals surface area contributed by atoms with Crippen LogP contribution in [-0.2, 0) is 11.3 Å². The number of carbonyl (C=O) groups excluding carboxylic acids is 1. The van der Waals surface area contributed by atoms with Crippen LogP contribution in [0.3, 0.4) is 0 Å². The van der Waals surface area contributed by atoms with Gasteiger partial charge in [-0.2, -0.15) is 0 Å². The van der Waals surface area contributed by atoms with Gasteiger partial charge in [0, 0.05) is 18.7 Å². The first kappa shape index (κ1) is 21.8. The van der Waals surface area contributed by atoms with Crippen molar-refractivity contribution in [3.05, 3.63) is 68.0 Å². The van der Waals surface area contributed by atoms with Crippen molar-refractivity contribution < 1.29 is 9.72 Å². The van der Waals surface area contributed by atoms with Crippen molar-refractivity contribution in [3.8, 4) is 0 Å². The highest BCUT2D eigenvalue weighted by Gasteiger charge is 2.15. The zero-order valence-electron chi connectivity index (χ0n) is 16.1. The third-order valence-electron chi connectivity index (χ3n) is 4.33. The number of non-ortho nitro benzene ring substituents is 1. The van der Waals surface area contributed by atoms with E-state index >= 15 is 0 Å². The van der Waals surface area contributed by atoms with Gasteiger partial charge < -0.3 is 5.32 Å². The van der Waals surface area contributed by atoms with E-state index in [-0.39, 0.29) is 27.7 Å². The van der Waals surface area contributed by atoms with E-state index in [0.29, 0.717) is 22.6 Å². The molecule has 156 valence electrons. The van der Waals surface area contributed by atoms with Crippen molar-refractivity contribution in [1.82, 2.24) is 9.55 Å². The van der Waals surface area contributed by atoms with Crippen LogP contribution in [-0.4, -0.2) is 26.1 Å². The van der Waals surface area contributed by atoms with Crippen LogP contribution in [0.25, 0.3) is 10.9 Å². The Balaban J connectivity index is 1.81. The molecule has 1 heterocycles. The minimum Gasteiger partial charge on any atom is -0.324 e. The molecule has 0 unspecified atom stereocenters. The van der Waals surface area contributed by atoms with Crippen molar-refractivity contribution in [2.24, 2.45) is 0 Å². The Morgan fingerprint density at radius 3 is 2.80 bits per heavy atom. The average molecular weight is 447 g/mol. The molecular formula is C20H19ClN4O4S. The number of fused-ring (bicyclic) bond motifs is 1. The van der Waals surface area contributed by atoms with Crippen LogP contribution in [0, 0.1) is 10.1 Å². The molecule has 0 spiro atoms. The van der Waals surface area contributed by atoms with Gasteiger partial charge >= 0.3 is 0 Å². The molecule has 0 aliphatic rings. The van der Waals surface area contributed by atoms with E-state index in [0.717, 1.165) is 24.6 Å². The largest absolute Gasteiger partial charge is 0.324 e. The van der Waals surface area contributed by atoms with Gasteiger partial charge in [0.1, 0.15) is 0 Å². The number of nitrogens with zero attached hydrogens (tertiary/aromatic N) is 3. The number of nitro groups is 1. The van der Waals surface area contributed by atoms with Gasteiger partial charge in [0.05, 0.1) is 32.3 Å². The number of nitrogens with one attached hydrogen (secondary N) is 1. The fraction of sp³-hybridized carbons (Fsp3) is 0.250. The number of halogens is 1. The van der Waals surface area contributed by atoms with Crippen molar-refractivity contribution >= 4 is 51.5 Å². The van der Waals surface area contributed by atoms with Gasteiger partial charge in [-0.15, -0.1) is 0 Å². The van der Waals surface area contributed by atoms with E-state index < -0.39 is 10.8 Å². The Labute approximate surface area is 181 Å². The minimum atomic E-state index is -0.563. The number of anilines is 1. The maximum absolute atomic E-state index is 12.9. The Hall–Kier alpha value is -2.91. The predicted molar refractivity (Wildman–Crippen MR) is 118 cm³/mol. The molecule has 0 saturated heterocycles. The van der Waals surface area contributed by atoms with Gasteiger partial charge in [-0.3, -0.25) is 24.3 Å². The van der Waals surface area contributed by atoms with E-state index in [1.165, 1.54) is 18.2 Å². The number of hydrogen-bond donors (Lipinski definition) is 1. The van der Waals surface area contributed by atoms with Crippen LogP contribution in [0.15, 0.2) is 52.4 Å². The number of hydrogen-bond acceptors (Lipinski definition) is 6. The Morgan fingerprint density at radius 1 is 1.30 bits per heavy atom. The summed E-state index contributed by atoms with van der Waals surface area (Å²) >= 11 is 7.16. The summed E-state index contributed by atoms with van der Waals surface area (Å²) in [5.74, 6) is -0.442. The topological polar surface area (TPSA) is 107 Å². The number of nitro benzene ring substituents is 1. The second kappa shape index (κ2) is 9.73. The van der Waals surface area contributed by atoms with E-state index in [2.05, 4.69) is 10.3 Å². The van der Waals surface area contributed by atoms with Crippen LogP contribution >= 0.6 is 23.4 Å². The minimum absolute atomic E-state index is 0.0318. The van der Waals surface area contributed by atoms with Crippen LogP contribution < -0.4 is 10.9 Å². The number of para-hydroxylation sites is 1. The first-order valence-corrected chi connectivity index (χ1v) is 10.6. The molecule has 3 aromatic rings. The summed E-state index contributed by atoms with van der Waals surface area (Å²) in [7, 11) is 0. The van der Waals surface area contributed by atoms with Crippen LogP contribution in [0.2, 0.25) is 5.02 Å². The second-order valence-corrected chi connectivity index (χ2v) is 7.83. The molecule has 30 heavy (non-hydrogen) atoms. The first-order valence-electron chi connectivity index (χ1n) is 9.27. The molecule has 10 heteroatoms. The smallest absolute Gasteiger partial charge is 0.271 e. The zero-order chi connectivity index (χ0) is 21.7. The molecule has 0 saturated carbocycles. The molecule has 3 rings (SSSR count). The maximum atomic E-state index is 12.9. The summed E-state index contributed by atoms with van der Waals surface area (Å²) in [5.41, 5.74) is 0.414. The normalized spacial score (nSPS) is 10.9. The standard InChI is InChI=1S/C20H19ClN4O4S/c1-2-3-10-24-19(27)14-6-4-5-7-16(14)23-20(24)30-12-18(26)22-17-11-13(25(28)29)8-9-15(17)21/h4-9,11H,2-3,10,12H2,1H3,(H,22,26). The van der Waals surface area contributed by atoms with Gasteiger partial charge in [-0.05, 0) is 24.6 Å². The lowest BCUT2D eigenvalue weighted by atomic mass is 10.2. The maximum Gasteiger partial charge on any atom is 0.271 e. The second-order valence-electron chi connectivity index (χ2n) is 6.48. The molecular weight excluding hydrogens is 428 g/mol. The molecule has 0 fully saturated rings. The molecule has 0 atom stereocenters. The lowest BCUT2D eigenvalue weighted by Gasteiger charge is -2.13. The fourth-order valence-corrected chi connectivity index (χ4v) is 3.80. The van der Waals surface area contributed by atoms with Gasteiger partial charge in [-0.25, -0.2) is 4.98 Å². The Bertz CT molecular complexity index is 1170. The van der Waals surface area contributed by atoms with Crippen LogP contribution in [0.1, 0.15) is 19.8 Å². The zero-order valence-corrected chi connectivity index (χ0v) is 17.7. The number of thioether (sulfide) groups is 1. The lowest BCUT2D eigenvalue weighted by Crippen LogP contribution is -2.24. The van der Waals surface area contributed by atoms with Gasteiger partial charge in [0.25, 0.3) is 11.2 Å². The summed E-state index contributed by atoms with van der Waals surface area (Å²) in [6.45, 7) is 2.54. The lowest BCUT2D eigenvalue weighted by molar-refractivity contribution is -0.384. The Morgan fingerprint density at radius 2 is 2.07 bits per heavy atom. The number of amides is 1. The van der Waals surface area contributed by atoms with Gasteiger partial charge in [0.15, 0.2) is 5.16 Å². The highest BCUT2D eigenvalue weighted by molar-refractivity contribution is 7.99. The molecule has 1 aromatic heterocycles. The Kier molecular flexibility index (Phi) is 7.07. The quantitative estimate of drug-likeness (QED) is 0.236. The molecule has 1 N–H and O–H groups in total. The molecule has 8 nitrogen and oxygen atoms in total. The number of unbranched alkanes of at least 4 members (excludes halogenated alkanes) is 1. The molecule has 0 radical (unpaired) electrons. The summed E-state index contributed by atoms with van der Waals surface area (Å²) in [4.78, 5) is 40.2. The number of benzene rings is 2. The first-order chi connectivity index (χ1) is 14.4. The van der Waals surface area contributed by atoms with E-state index in [1.807, 2.05) is 6.92 Å². The van der Waals surface area contributed by atoms with Crippen LogP contribution in [0.4, 0.5) is 11.4 Å². The van der Waals surface area contributed by atoms with Crippen LogP contribution in [0.5, 0.6) is 0 Å². The fourth-order valence-electron chi connectivity index (χ4n) is 2.81. The van der Waals surface area contributed by atoms with Crippen molar-refractivity contribution in [2.45, 2.75) is 31.5 Å². The third kappa shape index (κ3) is 4.98. The average Bonchev–Trinajstić information content (AvgIpc) is 2.73. The summed E-state index contributed by atoms with van der Waals surface area (Å²) in [6.07, 6.45) is 1.72. The van der Waals surface area contributed by atoms with E-state index in [9.17, 15) is 19.7 Å². The summed E-state index contributed by atoms with van der Waals surface area (Å²) < 4.78 is 1.59. The summed E-state index contributed by atoms with van der Waals surface area (Å²) in [6, 6.07) is 10.9. The SMILES string of the molecule is CCCCn1c(SCC(=O)Nc2cc([N+](=O)[O-])ccc2Cl)nc2ccccc2c1=O. The number of carbonyl (C=O) groups is 1. The molecule has 0 aliphatic carbocycles. The number of rotatable bonds is 8. The third-order valence-corrected chi connectivity index (χ3v) is 5.64.